The quantitative estimate of drug-likeness (QED) is 0.571. The van der Waals surface area contributed by atoms with Gasteiger partial charge in [0, 0.05) is 18.3 Å². The number of anilines is 1. The van der Waals surface area contributed by atoms with E-state index in [9.17, 15) is 0 Å². The molecule has 0 atom stereocenters. The normalized spacial score (nSPS) is 10.8. The van der Waals surface area contributed by atoms with Crippen molar-refractivity contribution in [1.82, 2.24) is 9.88 Å². The molecule has 0 fully saturated rings. The summed E-state index contributed by atoms with van der Waals surface area (Å²) in [6.07, 6.45) is 5.22. The van der Waals surface area contributed by atoms with Gasteiger partial charge in [0.15, 0.2) is 5.13 Å². The van der Waals surface area contributed by atoms with Gasteiger partial charge in [0.25, 0.3) is 0 Å². The zero-order valence-electron chi connectivity index (χ0n) is 9.28. The van der Waals surface area contributed by atoms with Crippen molar-refractivity contribution in [3.05, 3.63) is 23.7 Å². The van der Waals surface area contributed by atoms with Crippen LogP contribution in [0.15, 0.2) is 18.0 Å². The first kappa shape index (κ1) is 12.2. The zero-order chi connectivity index (χ0) is 11.1. The molecule has 0 radical (unpaired) electrons. The fraction of sp³-hybridized carbons (Fsp3) is 0.545. The van der Waals surface area contributed by atoms with E-state index in [4.69, 9.17) is 5.73 Å². The molecule has 0 unspecified atom stereocenters. The lowest BCUT2D eigenvalue weighted by atomic mass is 10.2. The Morgan fingerprint density at radius 2 is 2.40 bits per heavy atom. The lowest BCUT2D eigenvalue weighted by Crippen LogP contribution is -2.22. The number of rotatable bonds is 7. The zero-order valence-corrected chi connectivity index (χ0v) is 10.1. The van der Waals surface area contributed by atoms with Gasteiger partial charge >= 0.3 is 0 Å². The van der Waals surface area contributed by atoms with Crippen molar-refractivity contribution in [1.29, 1.82) is 0 Å². The Morgan fingerprint density at radius 3 is 3.00 bits per heavy atom. The van der Waals surface area contributed by atoms with E-state index in [0.29, 0.717) is 5.13 Å². The number of aromatic nitrogens is 1. The van der Waals surface area contributed by atoms with Gasteiger partial charge in [0.1, 0.15) is 0 Å². The van der Waals surface area contributed by atoms with E-state index in [2.05, 4.69) is 23.5 Å². The molecule has 15 heavy (non-hydrogen) atoms. The molecule has 0 spiro atoms. The van der Waals surface area contributed by atoms with Crippen LogP contribution in [-0.2, 0) is 6.42 Å². The number of hydrogen-bond donors (Lipinski definition) is 1. The summed E-state index contributed by atoms with van der Waals surface area (Å²) >= 11 is 1.51. The molecule has 4 heteroatoms. The number of nitrogens with two attached hydrogens (primary N) is 1. The molecule has 0 saturated heterocycles. The minimum atomic E-state index is 0.666. The third-order valence-electron chi connectivity index (χ3n) is 2.27. The van der Waals surface area contributed by atoms with Crippen LogP contribution in [-0.4, -0.2) is 30.0 Å². The molecule has 0 saturated carbocycles. The maximum atomic E-state index is 5.57. The number of unbranched alkanes of at least 4 members (excludes halogenated alkanes) is 1. The molecule has 84 valence electrons. The lowest BCUT2D eigenvalue weighted by Gasteiger charge is -2.14. The number of thiazole rings is 1. The number of nitrogens with zero attached hydrogens (tertiary/aromatic N) is 2. The van der Waals surface area contributed by atoms with Crippen LogP contribution in [0, 0.1) is 0 Å². The monoisotopic (exact) mass is 225 g/mol. The van der Waals surface area contributed by atoms with E-state index in [-0.39, 0.29) is 0 Å². The summed E-state index contributed by atoms with van der Waals surface area (Å²) in [5.41, 5.74) is 6.67. The average Bonchev–Trinajstić information content (AvgIpc) is 2.62. The van der Waals surface area contributed by atoms with Crippen LogP contribution in [0.5, 0.6) is 0 Å². The molecule has 0 aliphatic heterocycles. The Balaban J connectivity index is 2.16. The molecular weight excluding hydrogens is 206 g/mol. The molecule has 0 amide bonds. The van der Waals surface area contributed by atoms with Crippen LogP contribution < -0.4 is 5.73 Å². The summed E-state index contributed by atoms with van der Waals surface area (Å²) in [7, 11) is 2.14. The van der Waals surface area contributed by atoms with Crippen molar-refractivity contribution in [2.24, 2.45) is 0 Å². The largest absolute Gasteiger partial charge is 0.375 e. The maximum Gasteiger partial charge on any atom is 0.180 e. The number of allylic oxidation sites excluding steroid dienone is 1. The highest BCUT2D eigenvalue weighted by atomic mass is 32.1. The van der Waals surface area contributed by atoms with Crippen LogP contribution in [0.2, 0.25) is 0 Å². The topological polar surface area (TPSA) is 42.1 Å². The molecule has 1 rings (SSSR count). The van der Waals surface area contributed by atoms with Crippen LogP contribution in [0.25, 0.3) is 0 Å². The summed E-state index contributed by atoms with van der Waals surface area (Å²) in [5.74, 6) is 0. The van der Waals surface area contributed by atoms with Gasteiger partial charge in [-0.05, 0) is 26.4 Å². The van der Waals surface area contributed by atoms with Crippen molar-refractivity contribution in [2.45, 2.75) is 19.3 Å². The van der Waals surface area contributed by atoms with E-state index in [0.717, 1.165) is 31.6 Å². The smallest absolute Gasteiger partial charge is 0.180 e. The van der Waals surface area contributed by atoms with E-state index in [1.165, 1.54) is 17.8 Å². The van der Waals surface area contributed by atoms with E-state index >= 15 is 0 Å². The Labute approximate surface area is 95.6 Å². The van der Waals surface area contributed by atoms with Gasteiger partial charge in [0.2, 0.25) is 0 Å². The van der Waals surface area contributed by atoms with Crippen molar-refractivity contribution in [3.8, 4) is 0 Å². The van der Waals surface area contributed by atoms with Gasteiger partial charge in [-0.15, -0.1) is 17.9 Å². The molecule has 0 aliphatic rings. The molecule has 1 aromatic heterocycles. The summed E-state index contributed by atoms with van der Waals surface area (Å²) in [6.45, 7) is 5.87. The van der Waals surface area contributed by atoms with Crippen molar-refractivity contribution in [2.75, 3.05) is 25.9 Å². The van der Waals surface area contributed by atoms with E-state index in [1.54, 1.807) is 0 Å². The fourth-order valence-corrected chi connectivity index (χ4v) is 1.96. The molecule has 2 N–H and O–H groups in total. The Kier molecular flexibility index (Phi) is 5.36. The predicted octanol–water partition coefficient (Wildman–Crippen LogP) is 2.17. The van der Waals surface area contributed by atoms with Crippen molar-refractivity contribution in [3.63, 3.8) is 0 Å². The SMILES string of the molecule is C=CCCCN(C)CCc1csc(N)n1. The fourth-order valence-electron chi connectivity index (χ4n) is 1.36. The third-order valence-corrected chi connectivity index (χ3v) is 2.99. The molecule has 1 aromatic rings. The standard InChI is InChI=1S/C11H19N3S/c1-3-4-5-7-14(2)8-6-10-9-15-11(12)13-10/h3,9H,1,4-8H2,2H3,(H2,12,13). The lowest BCUT2D eigenvalue weighted by molar-refractivity contribution is 0.334. The molecule has 0 bridgehead atoms. The van der Waals surface area contributed by atoms with Crippen molar-refractivity contribution < 1.29 is 0 Å². The van der Waals surface area contributed by atoms with E-state index in [1.807, 2.05) is 11.5 Å². The van der Waals surface area contributed by atoms with Gasteiger partial charge in [-0.25, -0.2) is 4.98 Å². The van der Waals surface area contributed by atoms with Crippen LogP contribution in [0.1, 0.15) is 18.5 Å². The molecule has 1 heterocycles. The second-order valence-electron chi connectivity index (χ2n) is 3.66. The summed E-state index contributed by atoms with van der Waals surface area (Å²) in [4.78, 5) is 6.55. The molecule has 3 nitrogen and oxygen atoms in total. The first-order valence-corrected chi connectivity index (χ1v) is 6.09. The Hall–Kier alpha value is -0.870. The number of likely N-dealkylation sites (N-methyl/N-ethyl adjacent to an activating group) is 1. The first-order valence-electron chi connectivity index (χ1n) is 5.21. The average molecular weight is 225 g/mol. The van der Waals surface area contributed by atoms with Crippen LogP contribution >= 0.6 is 11.3 Å². The summed E-state index contributed by atoms with van der Waals surface area (Å²) in [5, 5.41) is 2.70. The van der Waals surface area contributed by atoms with Crippen molar-refractivity contribution >= 4 is 16.5 Å². The van der Waals surface area contributed by atoms with Crippen LogP contribution in [0.4, 0.5) is 5.13 Å². The molecule has 0 aromatic carbocycles. The van der Waals surface area contributed by atoms with Crippen LogP contribution in [0.3, 0.4) is 0 Å². The number of hydrogen-bond acceptors (Lipinski definition) is 4. The minimum absolute atomic E-state index is 0.666. The van der Waals surface area contributed by atoms with Gasteiger partial charge in [0.05, 0.1) is 5.69 Å². The Morgan fingerprint density at radius 1 is 1.60 bits per heavy atom. The highest BCUT2D eigenvalue weighted by Crippen LogP contribution is 2.11. The minimum Gasteiger partial charge on any atom is -0.375 e. The van der Waals surface area contributed by atoms with Gasteiger partial charge < -0.3 is 10.6 Å². The van der Waals surface area contributed by atoms with Gasteiger partial charge in [-0.1, -0.05) is 6.08 Å². The maximum absolute atomic E-state index is 5.57. The highest BCUT2D eigenvalue weighted by molar-refractivity contribution is 7.13. The second-order valence-corrected chi connectivity index (χ2v) is 4.55. The first-order chi connectivity index (χ1) is 7.22. The summed E-state index contributed by atoms with van der Waals surface area (Å²) in [6, 6.07) is 0. The molecule has 0 aliphatic carbocycles. The predicted molar refractivity (Wildman–Crippen MR) is 67.2 cm³/mol. The number of nitrogen functional groups attached to an aromatic ring is 1. The Bertz CT molecular complexity index is 296. The highest BCUT2D eigenvalue weighted by Gasteiger charge is 2.01. The summed E-state index contributed by atoms with van der Waals surface area (Å²) < 4.78 is 0. The second kappa shape index (κ2) is 6.58. The van der Waals surface area contributed by atoms with E-state index < -0.39 is 0 Å². The third kappa shape index (κ3) is 4.95. The van der Waals surface area contributed by atoms with Gasteiger partial charge in [-0.3, -0.25) is 0 Å². The van der Waals surface area contributed by atoms with Gasteiger partial charge in [-0.2, -0.15) is 0 Å². The molecular formula is C11H19N3S.